The number of ether oxygens (including phenoxy) is 1. The van der Waals surface area contributed by atoms with Crippen molar-refractivity contribution in [3.05, 3.63) is 111 Å². The molecule has 0 aliphatic carbocycles. The summed E-state index contributed by atoms with van der Waals surface area (Å²) in [4.78, 5) is 25.9. The normalized spacial score (nSPS) is 11.7. The van der Waals surface area contributed by atoms with Gasteiger partial charge >= 0.3 is 10.1 Å². The number of para-hydroxylation sites is 2. The maximum Gasteiger partial charge on any atom is 0.339 e. The Balaban J connectivity index is 1.37. The molecule has 5 aromatic rings. The van der Waals surface area contributed by atoms with Gasteiger partial charge in [0.15, 0.2) is 16.9 Å². The molecule has 0 aliphatic rings. The van der Waals surface area contributed by atoms with E-state index in [-0.39, 0.29) is 35.0 Å². The lowest BCUT2D eigenvalue weighted by Gasteiger charge is -2.15. The lowest BCUT2D eigenvalue weighted by atomic mass is 10.1. The summed E-state index contributed by atoms with van der Waals surface area (Å²) in [6.45, 7) is 3.80. The molecule has 0 atom stereocenters. The zero-order chi connectivity index (χ0) is 29.9. The summed E-state index contributed by atoms with van der Waals surface area (Å²) in [6.07, 6.45) is 1.41. The first kappa shape index (κ1) is 29.0. The van der Waals surface area contributed by atoms with Gasteiger partial charge in [0.2, 0.25) is 0 Å². The predicted molar refractivity (Wildman–Crippen MR) is 166 cm³/mol. The standard InChI is InChI=1S/C31H26BrN3O6S/c1-3-40-28-17-21(16-25(32)31(28)41-42(38,39)22-14-12-20(2)13-15-22)18-33-34-29(36)19-35-26-10-6-4-8-23(26)30(37)24-9-5-7-11-27(24)35/h4-18H,3,19H2,1-2H3,(H,34,36)/b33-18-. The van der Waals surface area contributed by atoms with Crippen LogP contribution in [0.5, 0.6) is 11.5 Å². The van der Waals surface area contributed by atoms with Gasteiger partial charge in [0.05, 0.1) is 28.3 Å². The number of rotatable bonds is 9. The minimum absolute atomic E-state index is 0.00409. The molecular weight excluding hydrogens is 622 g/mol. The molecule has 0 aliphatic heterocycles. The molecule has 214 valence electrons. The lowest BCUT2D eigenvalue weighted by molar-refractivity contribution is -0.121. The summed E-state index contributed by atoms with van der Waals surface area (Å²) in [5.41, 5.74) is 5.15. The van der Waals surface area contributed by atoms with E-state index < -0.39 is 16.0 Å². The van der Waals surface area contributed by atoms with Crippen molar-refractivity contribution in [2.24, 2.45) is 5.10 Å². The number of carbonyl (C=O) groups is 1. The summed E-state index contributed by atoms with van der Waals surface area (Å²) >= 11 is 3.37. The Hall–Kier alpha value is -4.48. The molecule has 4 aromatic carbocycles. The van der Waals surface area contributed by atoms with Gasteiger partial charge in [0.25, 0.3) is 5.91 Å². The van der Waals surface area contributed by atoms with Crippen molar-refractivity contribution in [1.82, 2.24) is 9.99 Å². The highest BCUT2D eigenvalue weighted by atomic mass is 79.9. The fraction of sp³-hybridized carbons (Fsp3) is 0.129. The van der Waals surface area contributed by atoms with E-state index in [2.05, 4.69) is 26.5 Å². The average molecular weight is 649 g/mol. The summed E-state index contributed by atoms with van der Waals surface area (Å²) < 4.78 is 39.0. The number of benzene rings is 4. The molecule has 0 radical (unpaired) electrons. The van der Waals surface area contributed by atoms with Crippen LogP contribution in [0.4, 0.5) is 0 Å². The van der Waals surface area contributed by atoms with Crippen molar-refractivity contribution in [2.45, 2.75) is 25.3 Å². The fourth-order valence-electron chi connectivity index (χ4n) is 4.47. The highest BCUT2D eigenvalue weighted by Gasteiger charge is 2.22. The van der Waals surface area contributed by atoms with E-state index in [1.165, 1.54) is 18.3 Å². The average Bonchev–Trinajstić information content (AvgIpc) is 2.97. The second-order valence-corrected chi connectivity index (χ2v) is 11.8. The van der Waals surface area contributed by atoms with Gasteiger partial charge in [-0.3, -0.25) is 9.59 Å². The Bertz CT molecular complexity index is 1940. The van der Waals surface area contributed by atoms with E-state index in [9.17, 15) is 18.0 Å². The highest BCUT2D eigenvalue weighted by molar-refractivity contribution is 9.10. The van der Waals surface area contributed by atoms with E-state index in [1.54, 1.807) is 72.2 Å². The largest absolute Gasteiger partial charge is 0.490 e. The van der Waals surface area contributed by atoms with Gasteiger partial charge in [-0.2, -0.15) is 13.5 Å². The van der Waals surface area contributed by atoms with E-state index >= 15 is 0 Å². The molecule has 0 spiro atoms. The van der Waals surface area contributed by atoms with Crippen molar-refractivity contribution in [3.8, 4) is 11.5 Å². The topological polar surface area (TPSA) is 116 Å². The molecule has 0 saturated carbocycles. The van der Waals surface area contributed by atoms with Crippen LogP contribution in [0.25, 0.3) is 21.8 Å². The highest BCUT2D eigenvalue weighted by Crippen LogP contribution is 2.38. The first-order valence-corrected chi connectivity index (χ1v) is 15.2. The summed E-state index contributed by atoms with van der Waals surface area (Å²) in [5.74, 6) is -0.226. The minimum Gasteiger partial charge on any atom is -0.490 e. The Morgan fingerprint density at radius 2 is 1.60 bits per heavy atom. The lowest BCUT2D eigenvalue weighted by Crippen LogP contribution is -2.25. The summed E-state index contributed by atoms with van der Waals surface area (Å²) in [6, 6.07) is 23.8. The third kappa shape index (κ3) is 6.07. The maximum absolute atomic E-state index is 12.9. The number of hydrazone groups is 1. The minimum atomic E-state index is -4.12. The zero-order valence-electron chi connectivity index (χ0n) is 22.7. The molecule has 9 nitrogen and oxygen atoms in total. The second kappa shape index (κ2) is 12.2. The van der Waals surface area contributed by atoms with Crippen molar-refractivity contribution >= 4 is 60.0 Å². The van der Waals surface area contributed by atoms with Crippen LogP contribution in [0.3, 0.4) is 0 Å². The number of carbonyl (C=O) groups excluding carboxylic acids is 1. The van der Waals surface area contributed by atoms with Gasteiger partial charge in [-0.05, 0) is 83.9 Å². The fourth-order valence-corrected chi connectivity index (χ4v) is 6.08. The van der Waals surface area contributed by atoms with Crippen molar-refractivity contribution < 1.29 is 22.1 Å². The SMILES string of the molecule is CCOc1cc(/C=N\NC(=O)Cn2c3ccccc3c(=O)c3ccccc32)cc(Br)c1OS(=O)(=O)c1ccc(C)cc1. The number of pyridine rings is 1. The van der Waals surface area contributed by atoms with Gasteiger partial charge in [0.1, 0.15) is 11.4 Å². The number of amides is 1. The molecule has 11 heteroatoms. The first-order chi connectivity index (χ1) is 20.2. The van der Waals surface area contributed by atoms with Crippen molar-refractivity contribution in [3.63, 3.8) is 0 Å². The molecule has 1 N–H and O–H groups in total. The van der Waals surface area contributed by atoms with Gasteiger partial charge in [-0.25, -0.2) is 5.43 Å². The number of nitrogens with zero attached hydrogens (tertiary/aromatic N) is 2. The van der Waals surface area contributed by atoms with E-state index in [0.29, 0.717) is 31.8 Å². The number of halogens is 1. The van der Waals surface area contributed by atoms with Crippen LogP contribution in [0.2, 0.25) is 0 Å². The monoisotopic (exact) mass is 647 g/mol. The number of fused-ring (bicyclic) bond motifs is 2. The summed E-state index contributed by atoms with van der Waals surface area (Å²) in [5, 5.41) is 5.12. The van der Waals surface area contributed by atoms with Gasteiger partial charge in [0, 0.05) is 10.8 Å². The number of hydrogen-bond donors (Lipinski definition) is 1. The Labute approximate surface area is 250 Å². The smallest absolute Gasteiger partial charge is 0.339 e. The Morgan fingerprint density at radius 3 is 2.21 bits per heavy atom. The quantitative estimate of drug-likeness (QED) is 0.0972. The zero-order valence-corrected chi connectivity index (χ0v) is 25.1. The van der Waals surface area contributed by atoms with E-state index in [4.69, 9.17) is 8.92 Å². The van der Waals surface area contributed by atoms with E-state index in [1.807, 2.05) is 19.1 Å². The van der Waals surface area contributed by atoms with Crippen LogP contribution in [-0.4, -0.2) is 31.7 Å². The van der Waals surface area contributed by atoms with Crippen LogP contribution in [0.1, 0.15) is 18.1 Å². The second-order valence-electron chi connectivity index (χ2n) is 9.36. The molecule has 42 heavy (non-hydrogen) atoms. The molecule has 0 saturated heterocycles. The van der Waals surface area contributed by atoms with E-state index in [0.717, 1.165) is 5.56 Å². The predicted octanol–water partition coefficient (Wildman–Crippen LogP) is 5.54. The third-order valence-corrected chi connectivity index (χ3v) is 8.24. The van der Waals surface area contributed by atoms with Crippen molar-refractivity contribution in [2.75, 3.05) is 6.61 Å². The van der Waals surface area contributed by atoms with Crippen LogP contribution >= 0.6 is 15.9 Å². The maximum atomic E-state index is 12.9. The molecule has 0 unspecified atom stereocenters. The number of aryl methyl sites for hydroxylation is 1. The molecule has 1 amide bonds. The Kier molecular flexibility index (Phi) is 8.41. The Morgan fingerprint density at radius 1 is 0.976 bits per heavy atom. The third-order valence-electron chi connectivity index (χ3n) is 6.42. The summed E-state index contributed by atoms with van der Waals surface area (Å²) in [7, 11) is -4.12. The van der Waals surface area contributed by atoms with Crippen LogP contribution in [0.15, 0.2) is 104 Å². The van der Waals surface area contributed by atoms with Crippen LogP contribution in [0, 0.1) is 6.92 Å². The first-order valence-electron chi connectivity index (χ1n) is 13.0. The molecule has 5 rings (SSSR count). The molecule has 1 aromatic heterocycles. The number of aromatic nitrogens is 1. The number of nitrogens with one attached hydrogen (secondary N) is 1. The van der Waals surface area contributed by atoms with Gasteiger partial charge in [-0.1, -0.05) is 42.0 Å². The van der Waals surface area contributed by atoms with Crippen LogP contribution < -0.4 is 19.8 Å². The van der Waals surface area contributed by atoms with Gasteiger partial charge in [-0.15, -0.1) is 0 Å². The number of hydrogen-bond acceptors (Lipinski definition) is 7. The molecular formula is C31H26BrN3O6S. The van der Waals surface area contributed by atoms with Gasteiger partial charge < -0.3 is 13.5 Å². The molecule has 1 heterocycles. The molecule has 0 fully saturated rings. The molecule has 0 bridgehead atoms. The van der Waals surface area contributed by atoms with Crippen molar-refractivity contribution in [1.29, 1.82) is 0 Å². The van der Waals surface area contributed by atoms with Crippen LogP contribution in [-0.2, 0) is 21.5 Å².